The number of nitrogens with zero attached hydrogens (tertiary/aromatic N) is 3. The van der Waals surface area contributed by atoms with Crippen molar-refractivity contribution in [2.45, 2.75) is 0 Å². The first kappa shape index (κ1) is 16.0. The van der Waals surface area contributed by atoms with Crippen LogP contribution in [0.3, 0.4) is 0 Å². The predicted molar refractivity (Wildman–Crippen MR) is 87.0 cm³/mol. The van der Waals surface area contributed by atoms with Crippen LogP contribution in [0.25, 0.3) is 0 Å². The molecular weight excluding hydrogens is 305 g/mol. The Balaban J connectivity index is 2.36. The summed E-state index contributed by atoms with van der Waals surface area (Å²) in [6.07, 6.45) is 1.55. The van der Waals surface area contributed by atoms with Crippen LogP contribution in [0, 0.1) is 5.82 Å². The Morgan fingerprint density at radius 3 is 2.45 bits per heavy atom. The Labute approximate surface area is 133 Å². The van der Waals surface area contributed by atoms with Crippen molar-refractivity contribution in [3.63, 3.8) is 0 Å². The van der Waals surface area contributed by atoms with E-state index in [1.807, 2.05) is 30.3 Å². The van der Waals surface area contributed by atoms with E-state index in [-0.39, 0.29) is 11.1 Å². The third-order valence-corrected chi connectivity index (χ3v) is 3.12. The van der Waals surface area contributed by atoms with Gasteiger partial charge in [0.15, 0.2) is 0 Å². The van der Waals surface area contributed by atoms with Crippen LogP contribution >= 0.6 is 11.6 Å². The lowest BCUT2D eigenvalue weighted by atomic mass is 10.2. The van der Waals surface area contributed by atoms with Crippen molar-refractivity contribution < 1.29 is 9.18 Å². The van der Waals surface area contributed by atoms with Gasteiger partial charge in [0.1, 0.15) is 5.82 Å². The van der Waals surface area contributed by atoms with Gasteiger partial charge in [-0.25, -0.2) is 9.18 Å². The van der Waals surface area contributed by atoms with Crippen LogP contribution in [0.15, 0.2) is 53.6 Å². The number of anilines is 1. The highest BCUT2D eigenvalue weighted by Gasteiger charge is 2.17. The van der Waals surface area contributed by atoms with Crippen LogP contribution in [-0.4, -0.2) is 31.2 Å². The van der Waals surface area contributed by atoms with Gasteiger partial charge in [-0.15, -0.1) is 0 Å². The minimum atomic E-state index is -0.547. The number of carbonyl (C=O) groups is 1. The molecule has 0 atom stereocenters. The van der Waals surface area contributed by atoms with E-state index in [0.29, 0.717) is 5.69 Å². The maximum Gasteiger partial charge on any atom is 0.344 e. The molecule has 114 valence electrons. The Bertz CT molecular complexity index is 689. The molecule has 0 aliphatic rings. The van der Waals surface area contributed by atoms with Crippen LogP contribution in [-0.2, 0) is 0 Å². The lowest BCUT2D eigenvalue weighted by molar-refractivity contribution is 0.224. The van der Waals surface area contributed by atoms with Crippen molar-refractivity contribution >= 4 is 29.5 Å². The van der Waals surface area contributed by atoms with E-state index in [4.69, 9.17) is 11.6 Å². The zero-order valence-electron chi connectivity index (χ0n) is 12.2. The monoisotopic (exact) mass is 319 g/mol. The van der Waals surface area contributed by atoms with Crippen LogP contribution in [0.4, 0.5) is 14.9 Å². The van der Waals surface area contributed by atoms with Crippen LogP contribution < -0.4 is 5.01 Å². The van der Waals surface area contributed by atoms with Crippen LogP contribution in [0.2, 0.25) is 5.02 Å². The molecule has 2 aromatic carbocycles. The summed E-state index contributed by atoms with van der Waals surface area (Å²) in [4.78, 5) is 13.6. The number of hydrogen-bond acceptors (Lipinski definition) is 2. The predicted octanol–water partition coefficient (Wildman–Crippen LogP) is 4.00. The van der Waals surface area contributed by atoms with Crippen molar-refractivity contribution in [2.75, 3.05) is 19.1 Å². The average molecular weight is 320 g/mol. The lowest BCUT2D eigenvalue weighted by Gasteiger charge is -2.21. The minimum Gasteiger partial charge on any atom is -0.329 e. The van der Waals surface area contributed by atoms with E-state index < -0.39 is 5.82 Å². The highest BCUT2D eigenvalue weighted by Crippen LogP contribution is 2.23. The lowest BCUT2D eigenvalue weighted by Crippen LogP contribution is -2.35. The van der Waals surface area contributed by atoms with Crippen molar-refractivity contribution in [3.05, 3.63) is 64.9 Å². The number of hydrazone groups is 1. The molecule has 0 aromatic heterocycles. The molecule has 0 spiro atoms. The summed E-state index contributed by atoms with van der Waals surface area (Å²) >= 11 is 5.78. The molecule has 0 bridgehead atoms. The summed E-state index contributed by atoms with van der Waals surface area (Å²) in [5.41, 5.74) is 1.23. The maximum atomic E-state index is 13.3. The minimum absolute atomic E-state index is 0.0658. The first-order chi connectivity index (χ1) is 10.5. The molecule has 2 aromatic rings. The fourth-order valence-corrected chi connectivity index (χ4v) is 1.87. The molecule has 0 aliphatic heterocycles. The van der Waals surface area contributed by atoms with Crippen molar-refractivity contribution in [2.24, 2.45) is 5.10 Å². The van der Waals surface area contributed by atoms with Gasteiger partial charge in [-0.2, -0.15) is 10.1 Å². The van der Waals surface area contributed by atoms with Crippen molar-refractivity contribution in [1.82, 2.24) is 4.90 Å². The fourth-order valence-electron chi connectivity index (χ4n) is 1.70. The third kappa shape index (κ3) is 3.83. The van der Waals surface area contributed by atoms with E-state index in [1.54, 1.807) is 20.3 Å². The molecule has 0 saturated heterocycles. The molecule has 0 N–H and O–H groups in total. The Hall–Kier alpha value is -2.40. The number of hydrogen-bond donors (Lipinski definition) is 0. The van der Waals surface area contributed by atoms with Gasteiger partial charge in [-0.05, 0) is 23.8 Å². The standard InChI is InChI=1S/C16H15ClFN3O/c1-20(2)16(22)21(13-8-9-15(18)14(17)10-13)19-11-12-6-4-3-5-7-12/h3-11H,1-2H3/b19-11+. The summed E-state index contributed by atoms with van der Waals surface area (Å²) in [5.74, 6) is -0.547. The first-order valence-corrected chi connectivity index (χ1v) is 6.92. The van der Waals surface area contributed by atoms with Crippen molar-refractivity contribution in [3.8, 4) is 0 Å². The van der Waals surface area contributed by atoms with E-state index in [0.717, 1.165) is 5.56 Å². The number of urea groups is 1. The average Bonchev–Trinajstić information content (AvgIpc) is 2.51. The number of halogens is 2. The van der Waals surface area contributed by atoms with E-state index in [1.165, 1.54) is 28.1 Å². The Morgan fingerprint density at radius 1 is 1.18 bits per heavy atom. The van der Waals surface area contributed by atoms with Gasteiger partial charge in [-0.3, -0.25) is 0 Å². The van der Waals surface area contributed by atoms with Gasteiger partial charge in [0, 0.05) is 14.1 Å². The Morgan fingerprint density at radius 2 is 1.86 bits per heavy atom. The summed E-state index contributed by atoms with van der Waals surface area (Å²) < 4.78 is 13.3. The molecule has 0 heterocycles. The maximum absolute atomic E-state index is 13.3. The molecule has 0 unspecified atom stereocenters. The zero-order valence-corrected chi connectivity index (χ0v) is 13.0. The molecule has 6 heteroatoms. The second-order valence-electron chi connectivity index (χ2n) is 4.74. The molecule has 0 saturated carbocycles. The quantitative estimate of drug-likeness (QED) is 0.622. The second kappa shape index (κ2) is 7.04. The van der Waals surface area contributed by atoms with E-state index in [2.05, 4.69) is 5.10 Å². The number of amides is 2. The number of rotatable bonds is 3. The molecule has 0 fully saturated rings. The SMILES string of the molecule is CN(C)C(=O)N(/N=C/c1ccccc1)c1ccc(F)c(Cl)c1. The summed E-state index contributed by atoms with van der Waals surface area (Å²) in [7, 11) is 3.22. The highest BCUT2D eigenvalue weighted by molar-refractivity contribution is 6.31. The smallest absolute Gasteiger partial charge is 0.329 e. The normalized spacial score (nSPS) is 10.7. The number of carbonyl (C=O) groups excluding carboxylic acids is 1. The van der Waals surface area contributed by atoms with Gasteiger partial charge in [-0.1, -0.05) is 41.9 Å². The first-order valence-electron chi connectivity index (χ1n) is 6.54. The van der Waals surface area contributed by atoms with Gasteiger partial charge in [0.2, 0.25) is 0 Å². The zero-order chi connectivity index (χ0) is 16.1. The third-order valence-electron chi connectivity index (χ3n) is 2.83. The highest BCUT2D eigenvalue weighted by atomic mass is 35.5. The molecule has 4 nitrogen and oxygen atoms in total. The van der Waals surface area contributed by atoms with Gasteiger partial charge in [0.05, 0.1) is 16.9 Å². The summed E-state index contributed by atoms with van der Waals surface area (Å²) in [6.45, 7) is 0. The van der Waals surface area contributed by atoms with Crippen molar-refractivity contribution in [1.29, 1.82) is 0 Å². The number of benzene rings is 2. The summed E-state index contributed by atoms with van der Waals surface area (Å²) in [6, 6.07) is 13.0. The molecule has 0 radical (unpaired) electrons. The Kier molecular flexibility index (Phi) is 5.12. The van der Waals surface area contributed by atoms with E-state index >= 15 is 0 Å². The molecule has 0 aliphatic carbocycles. The second-order valence-corrected chi connectivity index (χ2v) is 5.15. The van der Waals surface area contributed by atoms with Crippen LogP contribution in [0.5, 0.6) is 0 Å². The fraction of sp³-hybridized carbons (Fsp3) is 0.125. The van der Waals surface area contributed by atoms with Gasteiger partial charge < -0.3 is 4.90 Å². The van der Waals surface area contributed by atoms with E-state index in [9.17, 15) is 9.18 Å². The topological polar surface area (TPSA) is 35.9 Å². The molecule has 2 rings (SSSR count). The summed E-state index contributed by atoms with van der Waals surface area (Å²) in [5, 5.41) is 5.29. The molecule has 2 amide bonds. The van der Waals surface area contributed by atoms with Crippen LogP contribution in [0.1, 0.15) is 5.56 Å². The largest absolute Gasteiger partial charge is 0.344 e. The molecular formula is C16H15ClFN3O. The molecule has 22 heavy (non-hydrogen) atoms. The van der Waals surface area contributed by atoms with Gasteiger partial charge in [0.25, 0.3) is 0 Å². The van der Waals surface area contributed by atoms with Gasteiger partial charge >= 0.3 is 6.03 Å².